The number of fused-ring (bicyclic) bond motifs is 1. The molecule has 5 nitrogen and oxygen atoms in total. The molecule has 0 saturated carbocycles. The quantitative estimate of drug-likeness (QED) is 0.509. The fraction of sp³-hybridized carbons (Fsp3) is 0. The number of hydrogen-bond donors (Lipinski definition) is 0. The summed E-state index contributed by atoms with van der Waals surface area (Å²) in [5.74, 6) is 0. The summed E-state index contributed by atoms with van der Waals surface area (Å²) >= 11 is 1.30. The first-order valence-electron chi connectivity index (χ1n) is 2.23. The van der Waals surface area contributed by atoms with Crippen LogP contribution in [0.5, 0.6) is 0 Å². The summed E-state index contributed by atoms with van der Waals surface area (Å²) in [6.07, 6.45) is 0. The SMILES string of the molecule is c1snc2nnnnc12. The van der Waals surface area contributed by atoms with E-state index in [1.807, 2.05) is 0 Å². The van der Waals surface area contributed by atoms with E-state index in [1.54, 1.807) is 5.38 Å². The van der Waals surface area contributed by atoms with Crippen LogP contribution in [0.4, 0.5) is 0 Å². The first-order valence-corrected chi connectivity index (χ1v) is 3.06. The van der Waals surface area contributed by atoms with Gasteiger partial charge in [0.25, 0.3) is 0 Å². The van der Waals surface area contributed by atoms with Gasteiger partial charge in [0.2, 0.25) is 5.65 Å². The van der Waals surface area contributed by atoms with E-state index in [0.717, 1.165) is 0 Å². The molecule has 9 heavy (non-hydrogen) atoms. The monoisotopic (exact) mass is 139 g/mol. The van der Waals surface area contributed by atoms with Crippen LogP contribution in [0.15, 0.2) is 5.38 Å². The largest absolute Gasteiger partial charge is 0.216 e. The van der Waals surface area contributed by atoms with Crippen molar-refractivity contribution in [3.63, 3.8) is 0 Å². The summed E-state index contributed by atoms with van der Waals surface area (Å²) in [7, 11) is 0. The smallest absolute Gasteiger partial charge is 0.169 e. The van der Waals surface area contributed by atoms with Crippen molar-refractivity contribution in [3.8, 4) is 0 Å². The predicted octanol–water partition coefficient (Wildman–Crippen LogP) is -0.124. The fourth-order valence-corrected chi connectivity index (χ4v) is 1.03. The molecule has 0 aromatic carbocycles. The van der Waals surface area contributed by atoms with Crippen LogP contribution in [0.3, 0.4) is 0 Å². The molecule has 0 fully saturated rings. The second-order valence-corrected chi connectivity index (χ2v) is 2.03. The molecule has 0 saturated heterocycles. The first kappa shape index (κ1) is 4.68. The molecular formula is C3HN5S. The normalized spacial score (nSPS) is 10.2. The second kappa shape index (κ2) is 1.66. The number of hydrogen-bond acceptors (Lipinski definition) is 6. The maximum atomic E-state index is 3.88. The van der Waals surface area contributed by atoms with Crippen molar-refractivity contribution in [2.24, 2.45) is 0 Å². The highest BCUT2D eigenvalue weighted by Gasteiger charge is 1.95. The second-order valence-electron chi connectivity index (χ2n) is 1.40. The Morgan fingerprint density at radius 1 is 1.22 bits per heavy atom. The zero-order valence-electron chi connectivity index (χ0n) is 4.22. The van der Waals surface area contributed by atoms with Gasteiger partial charge in [-0.2, -0.15) is 4.37 Å². The Morgan fingerprint density at radius 2 is 2.11 bits per heavy atom. The molecule has 0 unspecified atom stereocenters. The molecular weight excluding hydrogens is 138 g/mol. The van der Waals surface area contributed by atoms with E-state index in [4.69, 9.17) is 0 Å². The highest BCUT2D eigenvalue weighted by molar-refractivity contribution is 7.04. The van der Waals surface area contributed by atoms with E-state index < -0.39 is 0 Å². The van der Waals surface area contributed by atoms with Crippen LogP contribution >= 0.6 is 11.5 Å². The van der Waals surface area contributed by atoms with Crippen molar-refractivity contribution in [2.75, 3.05) is 0 Å². The summed E-state index contributed by atoms with van der Waals surface area (Å²) in [4.78, 5) is 0. The molecule has 2 aromatic heterocycles. The summed E-state index contributed by atoms with van der Waals surface area (Å²) in [5, 5.41) is 15.7. The molecule has 0 N–H and O–H groups in total. The molecule has 0 aliphatic heterocycles. The Hall–Kier alpha value is -1.17. The van der Waals surface area contributed by atoms with Gasteiger partial charge in [-0.15, -0.1) is 10.2 Å². The lowest BCUT2D eigenvalue weighted by Crippen LogP contribution is -1.89. The number of rotatable bonds is 0. The minimum absolute atomic E-state index is 0.565. The summed E-state index contributed by atoms with van der Waals surface area (Å²) in [5.41, 5.74) is 1.27. The van der Waals surface area contributed by atoms with Crippen LogP contribution in [-0.2, 0) is 0 Å². The summed E-state index contributed by atoms with van der Waals surface area (Å²) in [6.45, 7) is 0. The van der Waals surface area contributed by atoms with Gasteiger partial charge in [-0.05, 0) is 22.0 Å². The highest BCUT2D eigenvalue weighted by atomic mass is 32.1. The van der Waals surface area contributed by atoms with Crippen molar-refractivity contribution in [1.82, 2.24) is 25.0 Å². The van der Waals surface area contributed by atoms with Crippen molar-refractivity contribution < 1.29 is 0 Å². The van der Waals surface area contributed by atoms with E-state index in [0.29, 0.717) is 11.2 Å². The average molecular weight is 139 g/mol. The maximum Gasteiger partial charge on any atom is 0.216 e. The lowest BCUT2D eigenvalue weighted by Gasteiger charge is -1.76. The predicted molar refractivity (Wildman–Crippen MR) is 30.8 cm³/mol. The lowest BCUT2D eigenvalue weighted by atomic mass is 10.6. The fourth-order valence-electron chi connectivity index (χ4n) is 0.494. The van der Waals surface area contributed by atoms with Gasteiger partial charge in [0.15, 0.2) is 0 Å². The van der Waals surface area contributed by atoms with Crippen LogP contribution in [0.25, 0.3) is 11.2 Å². The van der Waals surface area contributed by atoms with Crippen LogP contribution in [0.2, 0.25) is 0 Å². The number of aromatic nitrogens is 5. The van der Waals surface area contributed by atoms with E-state index in [1.165, 1.54) is 11.5 Å². The van der Waals surface area contributed by atoms with Gasteiger partial charge in [-0.25, -0.2) is 0 Å². The van der Waals surface area contributed by atoms with Gasteiger partial charge in [0.05, 0.1) is 0 Å². The molecule has 0 spiro atoms. The third-order valence-corrected chi connectivity index (χ3v) is 1.47. The Balaban J connectivity index is 2.95. The molecule has 44 valence electrons. The van der Waals surface area contributed by atoms with E-state index in [9.17, 15) is 0 Å². The topological polar surface area (TPSA) is 64.5 Å². The Morgan fingerprint density at radius 3 is 3.00 bits per heavy atom. The van der Waals surface area contributed by atoms with Crippen LogP contribution in [0.1, 0.15) is 0 Å². The zero-order chi connectivity index (χ0) is 6.10. The third-order valence-electron chi connectivity index (χ3n) is 0.865. The molecule has 0 aliphatic carbocycles. The van der Waals surface area contributed by atoms with Crippen LogP contribution in [0, 0.1) is 0 Å². The third kappa shape index (κ3) is 0.636. The van der Waals surface area contributed by atoms with Gasteiger partial charge in [-0.1, -0.05) is 0 Å². The van der Waals surface area contributed by atoms with Gasteiger partial charge in [0, 0.05) is 5.38 Å². The maximum absolute atomic E-state index is 3.88. The molecule has 2 rings (SSSR count). The molecule has 2 aromatic rings. The van der Waals surface area contributed by atoms with E-state index in [-0.39, 0.29) is 0 Å². The van der Waals surface area contributed by atoms with Gasteiger partial charge < -0.3 is 0 Å². The summed E-state index contributed by atoms with van der Waals surface area (Å²) < 4.78 is 3.88. The average Bonchev–Trinajstić information content (AvgIpc) is 2.33. The molecule has 0 amide bonds. The van der Waals surface area contributed by atoms with Gasteiger partial charge >= 0.3 is 0 Å². The van der Waals surface area contributed by atoms with Crippen molar-refractivity contribution >= 4 is 22.7 Å². The Labute approximate surface area is 53.9 Å². The van der Waals surface area contributed by atoms with Crippen molar-refractivity contribution in [1.29, 1.82) is 0 Å². The first-order chi connectivity index (χ1) is 4.47. The standard InChI is InChI=1S/C3HN5S/c1-2-3(6-9-1)5-8-7-4-2/h1H. The van der Waals surface area contributed by atoms with Crippen molar-refractivity contribution in [2.45, 2.75) is 0 Å². The molecule has 0 aliphatic rings. The Kier molecular flexibility index (Phi) is 0.863. The lowest BCUT2D eigenvalue weighted by molar-refractivity contribution is 0.794. The van der Waals surface area contributed by atoms with Crippen molar-refractivity contribution in [3.05, 3.63) is 5.38 Å². The molecule has 2 heterocycles. The minimum atomic E-state index is 0.565. The van der Waals surface area contributed by atoms with Crippen LogP contribution < -0.4 is 0 Å². The Bertz CT molecular complexity index is 286. The van der Waals surface area contributed by atoms with E-state index >= 15 is 0 Å². The summed E-state index contributed by atoms with van der Waals surface area (Å²) in [6, 6.07) is 0. The van der Waals surface area contributed by atoms with E-state index in [2.05, 4.69) is 25.0 Å². The zero-order valence-corrected chi connectivity index (χ0v) is 5.04. The van der Waals surface area contributed by atoms with Gasteiger partial charge in [0.1, 0.15) is 5.52 Å². The molecule has 6 heteroatoms. The molecule has 0 bridgehead atoms. The molecule has 0 radical (unpaired) electrons. The highest BCUT2D eigenvalue weighted by Crippen LogP contribution is 2.04. The van der Waals surface area contributed by atoms with Gasteiger partial charge in [-0.3, -0.25) is 0 Å². The minimum Gasteiger partial charge on any atom is -0.169 e. The molecule has 0 atom stereocenters. The van der Waals surface area contributed by atoms with Crippen LogP contribution in [-0.4, -0.2) is 25.0 Å². The number of nitrogens with zero attached hydrogens (tertiary/aromatic N) is 5.